The largest absolute Gasteiger partial charge is 0.462 e. The van der Waals surface area contributed by atoms with Crippen molar-refractivity contribution in [2.45, 2.75) is 372 Å². The van der Waals surface area contributed by atoms with Crippen molar-refractivity contribution in [3.8, 4) is 0 Å². The molecule has 0 aromatic heterocycles. The molecule has 73 heavy (non-hydrogen) atoms. The maximum Gasteiger partial charge on any atom is 0.306 e. The monoisotopic (exact) mass is 1040 g/mol. The Bertz CT molecular complexity index is 1150. The van der Waals surface area contributed by atoms with Crippen molar-refractivity contribution >= 4 is 11.9 Å². The molecule has 0 aliphatic carbocycles. The zero-order chi connectivity index (χ0) is 52.9. The lowest BCUT2D eigenvalue weighted by molar-refractivity contribution is -0.305. The van der Waals surface area contributed by atoms with Crippen LogP contribution in [-0.2, 0) is 28.5 Å². The van der Waals surface area contributed by atoms with Crippen molar-refractivity contribution in [1.82, 2.24) is 0 Å². The van der Waals surface area contributed by atoms with E-state index in [-0.39, 0.29) is 32.0 Å². The summed E-state index contributed by atoms with van der Waals surface area (Å²) < 4.78 is 22.4. The van der Waals surface area contributed by atoms with Gasteiger partial charge in [0.25, 0.3) is 0 Å². The van der Waals surface area contributed by atoms with Crippen molar-refractivity contribution in [2.24, 2.45) is 0 Å². The quantitative estimate of drug-likeness (QED) is 0.0342. The van der Waals surface area contributed by atoms with Crippen LogP contribution in [0.2, 0.25) is 0 Å². The van der Waals surface area contributed by atoms with Crippen LogP contribution in [0.3, 0.4) is 0 Å². The average molecular weight is 1040 g/mol. The second-order valence-corrected chi connectivity index (χ2v) is 22.6. The third-order valence-electron chi connectivity index (χ3n) is 15.5. The Morgan fingerprint density at radius 3 is 0.932 bits per heavy atom. The van der Waals surface area contributed by atoms with Gasteiger partial charge in [0.05, 0.1) is 13.2 Å². The van der Waals surface area contributed by atoms with E-state index in [0.29, 0.717) is 6.42 Å². The highest BCUT2D eigenvalue weighted by Gasteiger charge is 2.44. The van der Waals surface area contributed by atoms with Gasteiger partial charge < -0.3 is 39.4 Å². The van der Waals surface area contributed by atoms with E-state index in [0.717, 1.165) is 32.1 Å². The number of carbonyl (C=O) groups is 2. The first-order valence-corrected chi connectivity index (χ1v) is 32.1. The van der Waals surface area contributed by atoms with Crippen LogP contribution in [0.1, 0.15) is 335 Å². The predicted molar refractivity (Wildman–Crippen MR) is 303 cm³/mol. The topological polar surface area (TPSA) is 152 Å². The van der Waals surface area contributed by atoms with E-state index in [1.807, 2.05) is 0 Å². The molecule has 0 spiro atoms. The van der Waals surface area contributed by atoms with Gasteiger partial charge in [0.15, 0.2) is 12.4 Å². The van der Waals surface area contributed by atoms with E-state index >= 15 is 0 Å². The number of carbonyl (C=O) groups excluding carboxylic acids is 2. The number of esters is 2. The zero-order valence-corrected chi connectivity index (χ0v) is 48.2. The molecule has 434 valence electrons. The van der Waals surface area contributed by atoms with E-state index in [2.05, 4.69) is 13.8 Å². The maximum absolute atomic E-state index is 12.9. The SMILES string of the molecule is CCCCCCCCCCCCCCCCCCCCCCCCCCC(=O)OCC(COC1OC(CO)C(O)C(O)C1O)OC(=O)CCCCCCCCCCCCCCCCCCCCCCCCCC. The molecule has 0 amide bonds. The standard InChI is InChI=1S/C63H122O10/c1-3-5-7-9-11-13-15-17-19-21-23-25-27-29-31-33-35-37-39-41-43-45-47-49-51-58(65)70-54-56(55-71-63-62(69)61(68)60(67)57(53-64)73-63)72-59(66)52-50-48-46-44-42-40-38-36-34-32-30-28-26-24-22-20-18-16-14-12-10-8-6-4-2/h56-57,60-64,67-69H,3-55H2,1-2H3. The number of hydrogen-bond acceptors (Lipinski definition) is 10. The minimum atomic E-state index is -1.59. The molecule has 4 N–H and O–H groups in total. The van der Waals surface area contributed by atoms with Gasteiger partial charge in [-0.1, -0.05) is 309 Å². The fraction of sp³-hybridized carbons (Fsp3) is 0.968. The summed E-state index contributed by atoms with van der Waals surface area (Å²) in [6, 6.07) is 0. The molecule has 6 atom stereocenters. The second kappa shape index (κ2) is 54.1. The van der Waals surface area contributed by atoms with E-state index in [4.69, 9.17) is 18.9 Å². The van der Waals surface area contributed by atoms with Gasteiger partial charge in [0.1, 0.15) is 31.0 Å². The normalized spacial score (nSPS) is 18.4. The van der Waals surface area contributed by atoms with Gasteiger partial charge >= 0.3 is 11.9 Å². The molecule has 10 heteroatoms. The van der Waals surface area contributed by atoms with Crippen LogP contribution in [0.15, 0.2) is 0 Å². The minimum Gasteiger partial charge on any atom is -0.462 e. The molecule has 0 aromatic carbocycles. The molecule has 1 saturated heterocycles. The summed E-state index contributed by atoms with van der Waals surface area (Å²) in [5.74, 6) is -0.778. The van der Waals surface area contributed by atoms with Gasteiger partial charge in [-0.15, -0.1) is 0 Å². The summed E-state index contributed by atoms with van der Waals surface area (Å²) >= 11 is 0. The Hall–Kier alpha value is -1.30. The van der Waals surface area contributed by atoms with Crippen molar-refractivity contribution < 1.29 is 49.0 Å². The highest BCUT2D eigenvalue weighted by atomic mass is 16.7. The van der Waals surface area contributed by atoms with Gasteiger partial charge in [-0.25, -0.2) is 0 Å². The van der Waals surface area contributed by atoms with Crippen molar-refractivity contribution in [3.63, 3.8) is 0 Å². The summed E-state index contributed by atoms with van der Waals surface area (Å²) in [4.78, 5) is 25.6. The van der Waals surface area contributed by atoms with Crippen LogP contribution in [0.25, 0.3) is 0 Å². The van der Waals surface area contributed by atoms with Crippen LogP contribution in [0, 0.1) is 0 Å². The molecule has 0 aromatic rings. The maximum atomic E-state index is 12.9. The minimum absolute atomic E-state index is 0.208. The first-order chi connectivity index (χ1) is 35.8. The number of aliphatic hydroxyl groups excluding tert-OH is 4. The van der Waals surface area contributed by atoms with Crippen LogP contribution < -0.4 is 0 Å². The Morgan fingerprint density at radius 2 is 0.644 bits per heavy atom. The third-order valence-corrected chi connectivity index (χ3v) is 15.5. The van der Waals surface area contributed by atoms with Gasteiger partial charge in [0.2, 0.25) is 0 Å². The molecule has 6 unspecified atom stereocenters. The summed E-state index contributed by atoms with van der Waals surface area (Å²) in [7, 11) is 0. The van der Waals surface area contributed by atoms with E-state index in [9.17, 15) is 30.0 Å². The molecule has 1 fully saturated rings. The highest BCUT2D eigenvalue weighted by molar-refractivity contribution is 5.70. The second-order valence-electron chi connectivity index (χ2n) is 22.6. The first kappa shape index (κ1) is 69.7. The number of ether oxygens (including phenoxy) is 4. The Balaban J connectivity index is 2.13. The average Bonchev–Trinajstić information content (AvgIpc) is 3.39. The molecular weight excluding hydrogens is 917 g/mol. The smallest absolute Gasteiger partial charge is 0.306 e. The molecule has 1 aliphatic heterocycles. The molecule has 10 nitrogen and oxygen atoms in total. The lowest BCUT2D eigenvalue weighted by atomic mass is 9.99. The lowest BCUT2D eigenvalue weighted by Crippen LogP contribution is -2.59. The first-order valence-electron chi connectivity index (χ1n) is 32.1. The fourth-order valence-electron chi connectivity index (χ4n) is 10.5. The number of rotatable bonds is 57. The lowest BCUT2D eigenvalue weighted by Gasteiger charge is -2.39. The highest BCUT2D eigenvalue weighted by Crippen LogP contribution is 2.23. The van der Waals surface area contributed by atoms with E-state index in [1.54, 1.807) is 0 Å². The van der Waals surface area contributed by atoms with Crippen LogP contribution in [-0.4, -0.2) is 89.0 Å². The predicted octanol–water partition coefficient (Wildman–Crippen LogP) is 16.8. The van der Waals surface area contributed by atoms with Gasteiger partial charge in [-0.3, -0.25) is 9.59 Å². The summed E-state index contributed by atoms with van der Waals surface area (Å²) in [5, 5.41) is 40.4. The Labute approximate surface area is 450 Å². The molecule has 1 aliphatic rings. The van der Waals surface area contributed by atoms with E-state index in [1.165, 1.54) is 270 Å². The zero-order valence-electron chi connectivity index (χ0n) is 48.2. The van der Waals surface area contributed by atoms with Crippen molar-refractivity contribution in [1.29, 1.82) is 0 Å². The van der Waals surface area contributed by atoms with Gasteiger partial charge in [-0.05, 0) is 12.8 Å². The van der Waals surface area contributed by atoms with Gasteiger partial charge in [0, 0.05) is 12.8 Å². The molecule has 0 saturated carbocycles. The summed E-state index contributed by atoms with van der Waals surface area (Å²) in [6.45, 7) is 3.52. The number of hydrogen-bond donors (Lipinski definition) is 4. The molecule has 1 heterocycles. The number of aliphatic hydroxyl groups is 4. The van der Waals surface area contributed by atoms with E-state index < -0.39 is 49.4 Å². The van der Waals surface area contributed by atoms with Gasteiger partial charge in [-0.2, -0.15) is 0 Å². The fourth-order valence-corrected chi connectivity index (χ4v) is 10.5. The molecule has 0 bridgehead atoms. The molecule has 1 rings (SSSR count). The van der Waals surface area contributed by atoms with Crippen molar-refractivity contribution in [3.05, 3.63) is 0 Å². The molecular formula is C63H122O10. The Morgan fingerprint density at radius 1 is 0.370 bits per heavy atom. The van der Waals surface area contributed by atoms with Crippen LogP contribution >= 0.6 is 0 Å². The summed E-state index contributed by atoms with van der Waals surface area (Å²) in [6.07, 6.45) is 55.7. The molecule has 0 radical (unpaired) electrons. The number of unbranched alkanes of at least 4 members (excludes halogenated alkanes) is 46. The van der Waals surface area contributed by atoms with Crippen molar-refractivity contribution in [2.75, 3.05) is 19.8 Å². The van der Waals surface area contributed by atoms with Crippen LogP contribution in [0.5, 0.6) is 0 Å². The van der Waals surface area contributed by atoms with Crippen LogP contribution in [0.4, 0.5) is 0 Å². The Kier molecular flexibility index (Phi) is 51.6. The summed E-state index contributed by atoms with van der Waals surface area (Å²) in [5.41, 5.74) is 0. The third kappa shape index (κ3) is 44.4.